The Labute approximate surface area is 150 Å². The molecule has 0 saturated carbocycles. The summed E-state index contributed by atoms with van der Waals surface area (Å²) in [6, 6.07) is 10.6. The maximum atomic E-state index is 12.3. The first-order valence-corrected chi connectivity index (χ1v) is 8.85. The van der Waals surface area contributed by atoms with E-state index in [0.29, 0.717) is 28.1 Å². The molecule has 0 unspecified atom stereocenters. The van der Waals surface area contributed by atoms with Crippen LogP contribution in [-0.4, -0.2) is 17.5 Å². The molecule has 0 radical (unpaired) electrons. The van der Waals surface area contributed by atoms with Crippen molar-refractivity contribution in [1.29, 1.82) is 0 Å². The molecular weight excluding hydrogens is 400 g/mol. The fraction of sp³-hybridized carbons (Fsp3) is 0.125. The molecule has 0 aliphatic rings. The van der Waals surface area contributed by atoms with Gasteiger partial charge >= 0.3 is 0 Å². The second-order valence-corrected chi connectivity index (χ2v) is 6.98. The number of benzene rings is 2. The number of nitrogens with one attached hydrogen (secondary N) is 1. The largest absolute Gasteiger partial charge is 0.493 e. The van der Waals surface area contributed by atoms with Crippen LogP contribution >= 0.6 is 38.9 Å². The van der Waals surface area contributed by atoms with Gasteiger partial charge in [0.25, 0.3) is 5.91 Å². The lowest BCUT2D eigenvalue weighted by atomic mass is 10.2. The van der Waals surface area contributed by atoms with Crippen LogP contribution in [0.2, 0.25) is 5.02 Å². The highest BCUT2D eigenvalue weighted by Crippen LogP contribution is 2.29. The predicted octanol–water partition coefficient (Wildman–Crippen LogP) is 5.36. The van der Waals surface area contributed by atoms with Crippen molar-refractivity contribution < 1.29 is 9.53 Å². The summed E-state index contributed by atoms with van der Waals surface area (Å²) in [5.74, 6) is 0.484. The zero-order valence-corrected chi connectivity index (χ0v) is 15.3. The molecule has 23 heavy (non-hydrogen) atoms. The Kier molecular flexibility index (Phi) is 4.84. The van der Waals surface area contributed by atoms with Crippen molar-refractivity contribution in [3.05, 3.63) is 51.5 Å². The lowest BCUT2D eigenvalue weighted by Crippen LogP contribution is -2.11. The number of anilines is 1. The maximum Gasteiger partial charge on any atom is 0.257 e. The van der Waals surface area contributed by atoms with Crippen molar-refractivity contribution in [1.82, 2.24) is 4.98 Å². The molecule has 3 rings (SSSR count). The van der Waals surface area contributed by atoms with Crippen molar-refractivity contribution in [2.24, 2.45) is 0 Å². The number of fused-ring (bicyclic) bond motifs is 1. The first-order chi connectivity index (χ1) is 11.1. The monoisotopic (exact) mass is 410 g/mol. The van der Waals surface area contributed by atoms with E-state index >= 15 is 0 Å². The van der Waals surface area contributed by atoms with Crippen molar-refractivity contribution in [2.45, 2.75) is 6.92 Å². The Balaban J connectivity index is 1.81. The molecule has 7 heteroatoms. The molecule has 1 heterocycles. The highest BCUT2D eigenvalue weighted by atomic mass is 79.9. The summed E-state index contributed by atoms with van der Waals surface area (Å²) in [6.45, 7) is 2.48. The Hall–Kier alpha value is -1.63. The molecule has 0 atom stereocenters. The Morgan fingerprint density at radius 3 is 2.91 bits per heavy atom. The topological polar surface area (TPSA) is 51.2 Å². The molecule has 0 saturated heterocycles. The smallest absolute Gasteiger partial charge is 0.257 e. The molecule has 0 aliphatic heterocycles. The van der Waals surface area contributed by atoms with Gasteiger partial charge in [-0.1, -0.05) is 22.9 Å². The predicted molar refractivity (Wildman–Crippen MR) is 97.9 cm³/mol. The van der Waals surface area contributed by atoms with Gasteiger partial charge in [-0.15, -0.1) is 0 Å². The van der Waals surface area contributed by atoms with Crippen molar-refractivity contribution >= 4 is 60.1 Å². The first-order valence-electron chi connectivity index (χ1n) is 6.86. The fourth-order valence-corrected chi connectivity index (χ4v) is 3.67. The van der Waals surface area contributed by atoms with Gasteiger partial charge in [-0.05, 0) is 59.3 Å². The van der Waals surface area contributed by atoms with Gasteiger partial charge < -0.3 is 4.74 Å². The first kappa shape index (κ1) is 16.2. The van der Waals surface area contributed by atoms with Gasteiger partial charge in [0, 0.05) is 10.6 Å². The lowest BCUT2D eigenvalue weighted by molar-refractivity contribution is 0.102. The molecule has 118 valence electrons. The highest BCUT2D eigenvalue weighted by molar-refractivity contribution is 9.10. The van der Waals surface area contributed by atoms with Gasteiger partial charge in [-0.3, -0.25) is 10.1 Å². The normalized spacial score (nSPS) is 10.7. The number of aromatic nitrogens is 1. The van der Waals surface area contributed by atoms with Gasteiger partial charge in [0.05, 0.1) is 21.3 Å². The standard InChI is InChI=1S/C16H12BrClN2O2S/c1-2-22-13-6-3-9(7-11(13)17)15(21)20-16-19-12-5-4-10(18)8-14(12)23-16/h3-8H,2H2,1H3,(H,19,20,21). The molecule has 1 amide bonds. The number of carbonyl (C=O) groups excluding carboxylic acids is 1. The Bertz CT molecular complexity index is 882. The minimum Gasteiger partial charge on any atom is -0.493 e. The third kappa shape index (κ3) is 3.65. The summed E-state index contributed by atoms with van der Waals surface area (Å²) < 4.78 is 7.11. The van der Waals surface area contributed by atoms with Gasteiger partial charge in [0.15, 0.2) is 5.13 Å². The van der Waals surface area contributed by atoms with E-state index in [9.17, 15) is 4.79 Å². The number of nitrogens with zero attached hydrogens (tertiary/aromatic N) is 1. The van der Waals surface area contributed by atoms with Gasteiger partial charge in [0.1, 0.15) is 5.75 Å². The molecule has 0 spiro atoms. The van der Waals surface area contributed by atoms with E-state index in [-0.39, 0.29) is 5.91 Å². The Morgan fingerprint density at radius 2 is 2.17 bits per heavy atom. The number of thiazole rings is 1. The molecule has 0 fully saturated rings. The second-order valence-electron chi connectivity index (χ2n) is 4.66. The second kappa shape index (κ2) is 6.86. The number of ether oxygens (including phenoxy) is 1. The van der Waals surface area contributed by atoms with E-state index in [2.05, 4.69) is 26.2 Å². The summed E-state index contributed by atoms with van der Waals surface area (Å²) >= 11 is 10.8. The van der Waals surface area contributed by atoms with E-state index in [1.807, 2.05) is 19.1 Å². The molecular formula is C16H12BrClN2O2S. The van der Waals surface area contributed by atoms with E-state index < -0.39 is 0 Å². The van der Waals surface area contributed by atoms with Crippen LogP contribution < -0.4 is 10.1 Å². The van der Waals surface area contributed by atoms with E-state index in [1.165, 1.54) is 11.3 Å². The van der Waals surface area contributed by atoms with Crippen LogP contribution in [0.4, 0.5) is 5.13 Å². The number of carbonyl (C=O) groups is 1. The van der Waals surface area contributed by atoms with Crippen molar-refractivity contribution in [3.63, 3.8) is 0 Å². The lowest BCUT2D eigenvalue weighted by Gasteiger charge is -2.07. The Morgan fingerprint density at radius 1 is 1.35 bits per heavy atom. The average molecular weight is 412 g/mol. The van der Waals surface area contributed by atoms with Crippen LogP contribution in [0, 0.1) is 0 Å². The van der Waals surface area contributed by atoms with Gasteiger partial charge in [-0.25, -0.2) is 4.98 Å². The van der Waals surface area contributed by atoms with E-state index in [1.54, 1.807) is 24.3 Å². The molecule has 1 aromatic heterocycles. The maximum absolute atomic E-state index is 12.3. The summed E-state index contributed by atoms with van der Waals surface area (Å²) in [5, 5.41) is 4.00. The van der Waals surface area contributed by atoms with Crippen LogP contribution in [0.15, 0.2) is 40.9 Å². The van der Waals surface area contributed by atoms with Crippen LogP contribution in [0.1, 0.15) is 17.3 Å². The van der Waals surface area contributed by atoms with Crippen LogP contribution in [0.25, 0.3) is 10.2 Å². The molecule has 0 bridgehead atoms. The van der Waals surface area contributed by atoms with Crippen molar-refractivity contribution in [2.75, 3.05) is 11.9 Å². The SMILES string of the molecule is CCOc1ccc(C(=O)Nc2nc3ccc(Cl)cc3s2)cc1Br. The number of amides is 1. The zero-order valence-electron chi connectivity index (χ0n) is 12.1. The minimum absolute atomic E-state index is 0.223. The van der Waals surface area contributed by atoms with Crippen LogP contribution in [0.3, 0.4) is 0 Å². The third-order valence-corrected chi connectivity index (χ3v) is 4.85. The summed E-state index contributed by atoms with van der Waals surface area (Å²) in [7, 11) is 0. The molecule has 2 aromatic carbocycles. The highest BCUT2D eigenvalue weighted by Gasteiger charge is 2.12. The quantitative estimate of drug-likeness (QED) is 0.628. The zero-order chi connectivity index (χ0) is 16.4. The third-order valence-electron chi connectivity index (χ3n) is 3.06. The fourth-order valence-electron chi connectivity index (χ4n) is 2.04. The number of rotatable bonds is 4. The van der Waals surface area contributed by atoms with Crippen molar-refractivity contribution in [3.8, 4) is 5.75 Å². The summed E-state index contributed by atoms with van der Waals surface area (Å²) in [4.78, 5) is 16.7. The summed E-state index contributed by atoms with van der Waals surface area (Å²) in [5.41, 5.74) is 1.33. The minimum atomic E-state index is -0.223. The number of halogens is 2. The molecule has 4 nitrogen and oxygen atoms in total. The number of hydrogen-bond donors (Lipinski definition) is 1. The molecule has 3 aromatic rings. The van der Waals surface area contributed by atoms with Crippen LogP contribution in [-0.2, 0) is 0 Å². The molecule has 1 N–H and O–H groups in total. The van der Waals surface area contributed by atoms with E-state index in [4.69, 9.17) is 16.3 Å². The average Bonchev–Trinajstić information content (AvgIpc) is 2.90. The van der Waals surface area contributed by atoms with Gasteiger partial charge in [-0.2, -0.15) is 0 Å². The van der Waals surface area contributed by atoms with Crippen LogP contribution in [0.5, 0.6) is 5.75 Å². The molecule has 0 aliphatic carbocycles. The number of hydrogen-bond acceptors (Lipinski definition) is 4. The van der Waals surface area contributed by atoms with E-state index in [0.717, 1.165) is 14.7 Å². The van der Waals surface area contributed by atoms with Gasteiger partial charge in [0.2, 0.25) is 0 Å². The summed E-state index contributed by atoms with van der Waals surface area (Å²) in [6.07, 6.45) is 0.